The molecule has 3 rings (SSSR count). The summed E-state index contributed by atoms with van der Waals surface area (Å²) in [5.41, 5.74) is 0.473. The summed E-state index contributed by atoms with van der Waals surface area (Å²) in [5.74, 6) is -0.681. The van der Waals surface area contributed by atoms with Crippen LogP contribution in [0.2, 0.25) is 0 Å². The highest BCUT2D eigenvalue weighted by molar-refractivity contribution is 7.91. The van der Waals surface area contributed by atoms with Gasteiger partial charge in [0.15, 0.2) is 9.84 Å². The van der Waals surface area contributed by atoms with Gasteiger partial charge in [0, 0.05) is 5.39 Å². The smallest absolute Gasteiger partial charge is 0.307 e. The van der Waals surface area contributed by atoms with Crippen molar-refractivity contribution in [1.29, 1.82) is 0 Å². The normalized spacial score (nSPS) is 11.5. The van der Waals surface area contributed by atoms with Gasteiger partial charge in [-0.1, -0.05) is 13.0 Å². The number of rotatable bonds is 6. The minimum absolute atomic E-state index is 0.000634. The van der Waals surface area contributed by atoms with Crippen molar-refractivity contribution in [1.82, 2.24) is 0 Å². The molecule has 3 aromatic carbocycles. The quantitative estimate of drug-likeness (QED) is 0.685. The number of carboxylic acids is 1. The zero-order chi connectivity index (χ0) is 19.6. The van der Waals surface area contributed by atoms with E-state index >= 15 is 0 Å². The first-order chi connectivity index (χ1) is 12.8. The number of hydrogen-bond acceptors (Lipinski definition) is 4. The van der Waals surface area contributed by atoms with Gasteiger partial charge in [-0.3, -0.25) is 4.79 Å². The molecule has 0 atom stereocenters. The van der Waals surface area contributed by atoms with Gasteiger partial charge in [-0.05, 0) is 59.5 Å². The standard InChI is InChI=1S/C20H17FO5S/c1-2-27(24,25)17-6-4-16(5-7-17)26-19-10-13(11-20(22)23)9-14-12-15(21)3-8-18(14)19/h3-10,12H,2,11H2,1H3,(H,22,23). The summed E-state index contributed by atoms with van der Waals surface area (Å²) >= 11 is 0. The van der Waals surface area contributed by atoms with Gasteiger partial charge in [0.1, 0.15) is 17.3 Å². The summed E-state index contributed by atoms with van der Waals surface area (Å²) in [5, 5.41) is 10.2. The zero-order valence-corrected chi connectivity index (χ0v) is 15.3. The fourth-order valence-electron chi connectivity index (χ4n) is 2.73. The third kappa shape index (κ3) is 4.25. The Labute approximate surface area is 155 Å². The monoisotopic (exact) mass is 388 g/mol. The van der Waals surface area contributed by atoms with Gasteiger partial charge in [-0.2, -0.15) is 0 Å². The maximum atomic E-state index is 13.6. The number of sulfone groups is 1. The van der Waals surface area contributed by atoms with Crippen molar-refractivity contribution in [3.8, 4) is 11.5 Å². The van der Waals surface area contributed by atoms with E-state index in [-0.39, 0.29) is 17.1 Å². The SMILES string of the molecule is CCS(=O)(=O)c1ccc(Oc2cc(CC(=O)O)cc3cc(F)ccc23)cc1. The number of hydrogen-bond donors (Lipinski definition) is 1. The number of carboxylic acid groups (broad SMARTS) is 1. The fraction of sp³-hybridized carbons (Fsp3) is 0.150. The molecule has 1 N–H and O–H groups in total. The molecule has 27 heavy (non-hydrogen) atoms. The van der Waals surface area contributed by atoms with Crippen molar-refractivity contribution in [3.63, 3.8) is 0 Å². The van der Waals surface area contributed by atoms with Crippen LogP contribution in [0.5, 0.6) is 11.5 Å². The van der Waals surface area contributed by atoms with Crippen LogP contribution >= 0.6 is 0 Å². The summed E-state index contributed by atoms with van der Waals surface area (Å²) in [6, 6.07) is 13.3. The highest BCUT2D eigenvalue weighted by Crippen LogP contribution is 2.32. The maximum absolute atomic E-state index is 13.6. The van der Waals surface area contributed by atoms with Gasteiger partial charge in [0.2, 0.25) is 0 Å². The third-order valence-corrected chi connectivity index (χ3v) is 5.83. The van der Waals surface area contributed by atoms with E-state index in [4.69, 9.17) is 9.84 Å². The topological polar surface area (TPSA) is 80.7 Å². The predicted molar refractivity (Wildman–Crippen MR) is 99.5 cm³/mol. The molecule has 0 aromatic heterocycles. The van der Waals surface area contributed by atoms with E-state index in [2.05, 4.69) is 0 Å². The van der Waals surface area contributed by atoms with Crippen LogP contribution in [0.25, 0.3) is 10.8 Å². The maximum Gasteiger partial charge on any atom is 0.307 e. The molecule has 0 saturated carbocycles. The first kappa shape index (κ1) is 18.8. The van der Waals surface area contributed by atoms with E-state index in [1.807, 2.05) is 0 Å². The molecule has 0 unspecified atom stereocenters. The molecule has 0 aliphatic rings. The molecule has 7 heteroatoms. The summed E-state index contributed by atoms with van der Waals surface area (Å²) in [4.78, 5) is 11.2. The van der Waals surface area contributed by atoms with Crippen molar-refractivity contribution >= 4 is 26.6 Å². The molecule has 0 saturated heterocycles. The number of fused-ring (bicyclic) bond motifs is 1. The number of halogens is 1. The van der Waals surface area contributed by atoms with Crippen molar-refractivity contribution in [2.24, 2.45) is 0 Å². The van der Waals surface area contributed by atoms with Gasteiger partial charge in [0.25, 0.3) is 0 Å². The molecule has 140 valence electrons. The molecule has 0 radical (unpaired) electrons. The minimum atomic E-state index is -3.31. The summed E-state index contributed by atoms with van der Waals surface area (Å²) < 4.78 is 43.2. The predicted octanol–water partition coefficient (Wildman–Crippen LogP) is 4.19. The lowest BCUT2D eigenvalue weighted by Gasteiger charge is -2.12. The number of benzene rings is 3. The Morgan fingerprint density at radius 2 is 1.78 bits per heavy atom. The highest BCUT2D eigenvalue weighted by atomic mass is 32.2. The summed E-state index contributed by atoms with van der Waals surface area (Å²) in [7, 11) is -3.31. The number of ether oxygens (including phenoxy) is 1. The number of carbonyl (C=O) groups is 1. The average molecular weight is 388 g/mol. The molecular weight excluding hydrogens is 371 g/mol. The second-order valence-corrected chi connectivity index (χ2v) is 8.29. The van der Waals surface area contributed by atoms with Crippen LogP contribution in [0.4, 0.5) is 4.39 Å². The molecule has 3 aromatic rings. The molecule has 0 aliphatic heterocycles. The molecular formula is C20H17FO5S. The minimum Gasteiger partial charge on any atom is -0.481 e. The van der Waals surface area contributed by atoms with E-state index in [1.165, 1.54) is 36.4 Å². The Kier molecular flexibility index (Phi) is 5.14. The van der Waals surface area contributed by atoms with E-state index in [0.29, 0.717) is 27.8 Å². The van der Waals surface area contributed by atoms with Crippen LogP contribution in [0.3, 0.4) is 0 Å². The Morgan fingerprint density at radius 1 is 1.07 bits per heavy atom. The van der Waals surface area contributed by atoms with E-state index in [0.717, 1.165) is 0 Å². The van der Waals surface area contributed by atoms with Crippen molar-refractivity contribution in [2.75, 3.05) is 5.75 Å². The van der Waals surface area contributed by atoms with E-state index < -0.39 is 21.6 Å². The fourth-order valence-corrected chi connectivity index (χ4v) is 3.62. The van der Waals surface area contributed by atoms with E-state index in [1.54, 1.807) is 25.1 Å². The van der Waals surface area contributed by atoms with Gasteiger partial charge in [0.05, 0.1) is 17.1 Å². The lowest BCUT2D eigenvalue weighted by molar-refractivity contribution is -0.136. The molecule has 0 fully saturated rings. The van der Waals surface area contributed by atoms with Crippen LogP contribution in [-0.4, -0.2) is 25.2 Å². The van der Waals surface area contributed by atoms with Crippen LogP contribution < -0.4 is 4.74 Å². The first-order valence-electron chi connectivity index (χ1n) is 8.23. The Hall–Kier alpha value is -2.93. The van der Waals surface area contributed by atoms with E-state index in [9.17, 15) is 17.6 Å². The lowest BCUT2D eigenvalue weighted by atomic mass is 10.0. The Balaban J connectivity index is 2.01. The second kappa shape index (κ2) is 7.36. The Morgan fingerprint density at radius 3 is 2.41 bits per heavy atom. The van der Waals surface area contributed by atoms with Gasteiger partial charge < -0.3 is 9.84 Å². The summed E-state index contributed by atoms with van der Waals surface area (Å²) in [6.45, 7) is 1.57. The molecule has 0 heterocycles. The average Bonchev–Trinajstić information content (AvgIpc) is 2.61. The van der Waals surface area contributed by atoms with Crippen molar-refractivity contribution in [2.45, 2.75) is 18.2 Å². The van der Waals surface area contributed by atoms with Crippen molar-refractivity contribution < 1.29 is 27.4 Å². The summed E-state index contributed by atoms with van der Waals surface area (Å²) in [6.07, 6.45) is -0.226. The highest BCUT2D eigenvalue weighted by Gasteiger charge is 2.13. The zero-order valence-electron chi connectivity index (χ0n) is 14.5. The first-order valence-corrected chi connectivity index (χ1v) is 9.88. The van der Waals surface area contributed by atoms with Crippen LogP contribution in [-0.2, 0) is 21.1 Å². The molecule has 0 aliphatic carbocycles. The van der Waals surface area contributed by atoms with Crippen LogP contribution in [0.15, 0.2) is 59.5 Å². The lowest BCUT2D eigenvalue weighted by Crippen LogP contribution is -2.03. The van der Waals surface area contributed by atoms with Crippen LogP contribution in [0, 0.1) is 5.82 Å². The van der Waals surface area contributed by atoms with Crippen molar-refractivity contribution in [3.05, 3.63) is 66.0 Å². The second-order valence-electron chi connectivity index (χ2n) is 6.01. The third-order valence-electron chi connectivity index (χ3n) is 4.08. The van der Waals surface area contributed by atoms with Gasteiger partial charge in [-0.15, -0.1) is 0 Å². The van der Waals surface area contributed by atoms with Crippen LogP contribution in [0.1, 0.15) is 12.5 Å². The molecule has 5 nitrogen and oxygen atoms in total. The van der Waals surface area contributed by atoms with Gasteiger partial charge >= 0.3 is 5.97 Å². The molecule has 0 spiro atoms. The number of aliphatic carboxylic acids is 1. The Bertz CT molecular complexity index is 1110. The molecule has 0 amide bonds. The van der Waals surface area contributed by atoms with Gasteiger partial charge in [-0.25, -0.2) is 12.8 Å². The molecule has 0 bridgehead atoms. The largest absolute Gasteiger partial charge is 0.481 e.